The van der Waals surface area contributed by atoms with Gasteiger partial charge in [-0.25, -0.2) is 4.79 Å². The molecule has 25 heavy (non-hydrogen) atoms. The van der Waals surface area contributed by atoms with Crippen LogP contribution in [0.15, 0.2) is 23.1 Å². The second-order valence-electron chi connectivity index (χ2n) is 7.02. The van der Waals surface area contributed by atoms with Gasteiger partial charge in [0, 0.05) is 23.4 Å². The predicted molar refractivity (Wildman–Crippen MR) is 99.8 cm³/mol. The number of amides is 3. The number of thiophene rings is 1. The lowest BCUT2D eigenvalue weighted by atomic mass is 9.97. The molecule has 3 rings (SSSR count). The molecule has 0 radical (unpaired) electrons. The third-order valence-corrected chi connectivity index (χ3v) is 6.29. The molecule has 2 heterocycles. The summed E-state index contributed by atoms with van der Waals surface area (Å²) in [5.74, 6) is -0.199. The lowest BCUT2D eigenvalue weighted by molar-refractivity contribution is -0.924. The summed E-state index contributed by atoms with van der Waals surface area (Å²) in [4.78, 5) is 26.7. The van der Waals surface area contributed by atoms with Crippen LogP contribution >= 0.6 is 11.3 Å². The van der Waals surface area contributed by atoms with Crippen LogP contribution in [0.4, 0.5) is 4.79 Å². The second kappa shape index (κ2) is 8.63. The van der Waals surface area contributed by atoms with Gasteiger partial charge in [-0.1, -0.05) is 11.6 Å². The molecule has 136 valence electrons. The SMILES string of the molecule is C[C@H]1c2ccsc2CC[NH+]1CC(=O)NC(=O)NCCC1=CCCCC1. The van der Waals surface area contributed by atoms with Crippen molar-refractivity contribution in [2.45, 2.75) is 51.5 Å². The van der Waals surface area contributed by atoms with Crippen molar-refractivity contribution in [1.82, 2.24) is 10.6 Å². The minimum atomic E-state index is -0.373. The highest BCUT2D eigenvalue weighted by molar-refractivity contribution is 7.10. The van der Waals surface area contributed by atoms with Gasteiger partial charge in [-0.3, -0.25) is 10.1 Å². The molecule has 0 aromatic carbocycles. The number of fused-ring (bicyclic) bond motifs is 1. The van der Waals surface area contributed by atoms with Gasteiger partial charge in [-0.2, -0.15) is 0 Å². The third kappa shape index (κ3) is 4.92. The first-order valence-electron chi connectivity index (χ1n) is 9.30. The maximum atomic E-state index is 12.2. The summed E-state index contributed by atoms with van der Waals surface area (Å²) in [5, 5.41) is 7.40. The lowest BCUT2D eigenvalue weighted by Gasteiger charge is -2.29. The van der Waals surface area contributed by atoms with Crippen LogP contribution in [0.25, 0.3) is 0 Å². The molecule has 1 aliphatic carbocycles. The smallest absolute Gasteiger partial charge is 0.321 e. The van der Waals surface area contributed by atoms with E-state index in [1.807, 2.05) is 0 Å². The van der Waals surface area contributed by atoms with Crippen molar-refractivity contribution in [3.05, 3.63) is 33.5 Å². The Morgan fingerprint density at radius 2 is 2.20 bits per heavy atom. The van der Waals surface area contributed by atoms with Crippen molar-refractivity contribution in [1.29, 1.82) is 0 Å². The number of carbonyl (C=O) groups is 2. The second-order valence-corrected chi connectivity index (χ2v) is 8.02. The van der Waals surface area contributed by atoms with E-state index in [-0.39, 0.29) is 11.9 Å². The van der Waals surface area contributed by atoms with Gasteiger partial charge in [0.05, 0.1) is 6.54 Å². The van der Waals surface area contributed by atoms with E-state index >= 15 is 0 Å². The summed E-state index contributed by atoms with van der Waals surface area (Å²) in [7, 11) is 0. The van der Waals surface area contributed by atoms with Crippen LogP contribution in [-0.4, -0.2) is 31.6 Å². The molecule has 1 aromatic rings. The molecule has 2 atom stereocenters. The predicted octanol–water partition coefficient (Wildman–Crippen LogP) is 1.97. The molecular formula is C19H28N3O2S+. The number of imide groups is 1. The molecule has 0 saturated heterocycles. The Hall–Kier alpha value is -1.66. The zero-order chi connectivity index (χ0) is 17.6. The van der Waals surface area contributed by atoms with Crippen molar-refractivity contribution >= 4 is 23.3 Å². The molecule has 0 fully saturated rings. The minimum Gasteiger partial charge on any atom is -0.337 e. The zero-order valence-corrected chi connectivity index (χ0v) is 15.7. The minimum absolute atomic E-state index is 0.199. The summed E-state index contributed by atoms with van der Waals surface area (Å²) in [6.45, 7) is 4.04. The Bertz CT molecular complexity index is 653. The molecule has 1 unspecified atom stereocenters. The number of hydrogen-bond donors (Lipinski definition) is 3. The first-order chi connectivity index (χ1) is 12.1. The van der Waals surface area contributed by atoms with Gasteiger partial charge in [-0.05, 0) is 50.5 Å². The topological polar surface area (TPSA) is 62.6 Å². The number of carbonyl (C=O) groups excluding carboxylic acids is 2. The Labute approximate surface area is 153 Å². The summed E-state index contributed by atoms with van der Waals surface area (Å²) in [6.07, 6.45) is 9.01. The number of allylic oxidation sites excluding steroid dienone is 1. The number of nitrogens with one attached hydrogen (secondary N) is 3. The largest absolute Gasteiger partial charge is 0.337 e. The van der Waals surface area contributed by atoms with E-state index in [0.29, 0.717) is 19.1 Å². The highest BCUT2D eigenvalue weighted by atomic mass is 32.1. The van der Waals surface area contributed by atoms with Crippen LogP contribution in [-0.2, 0) is 11.2 Å². The van der Waals surface area contributed by atoms with E-state index in [4.69, 9.17) is 0 Å². The van der Waals surface area contributed by atoms with E-state index < -0.39 is 0 Å². The van der Waals surface area contributed by atoms with Crippen LogP contribution in [0.3, 0.4) is 0 Å². The van der Waals surface area contributed by atoms with Crippen molar-refractivity contribution in [2.24, 2.45) is 0 Å². The normalized spacial score (nSPS) is 22.7. The van der Waals surface area contributed by atoms with E-state index in [1.165, 1.54) is 33.8 Å². The number of urea groups is 1. The highest BCUT2D eigenvalue weighted by Gasteiger charge is 2.29. The molecule has 1 aliphatic heterocycles. The highest BCUT2D eigenvalue weighted by Crippen LogP contribution is 2.24. The zero-order valence-electron chi connectivity index (χ0n) is 14.9. The quantitative estimate of drug-likeness (QED) is 0.701. The van der Waals surface area contributed by atoms with Gasteiger partial charge in [0.2, 0.25) is 0 Å². The molecule has 3 amide bonds. The van der Waals surface area contributed by atoms with E-state index in [2.05, 4.69) is 35.1 Å². The molecular weight excluding hydrogens is 334 g/mol. The molecule has 0 bridgehead atoms. The fourth-order valence-corrected chi connectivity index (χ4v) is 4.76. The molecule has 5 nitrogen and oxygen atoms in total. The van der Waals surface area contributed by atoms with Crippen LogP contribution in [0.5, 0.6) is 0 Å². The Morgan fingerprint density at radius 3 is 3.00 bits per heavy atom. The van der Waals surface area contributed by atoms with E-state index in [0.717, 1.165) is 32.2 Å². The molecule has 0 saturated carbocycles. The third-order valence-electron chi connectivity index (χ3n) is 5.29. The molecule has 1 aromatic heterocycles. The van der Waals surface area contributed by atoms with Gasteiger partial charge in [0.25, 0.3) is 5.91 Å². The first kappa shape index (κ1) is 18.1. The Balaban J connectivity index is 1.38. The maximum absolute atomic E-state index is 12.2. The van der Waals surface area contributed by atoms with Crippen LogP contribution in [0, 0.1) is 0 Å². The Kier molecular flexibility index (Phi) is 6.26. The van der Waals surface area contributed by atoms with Crippen LogP contribution < -0.4 is 15.5 Å². The molecule has 2 aliphatic rings. The maximum Gasteiger partial charge on any atom is 0.321 e. The summed E-state index contributed by atoms with van der Waals surface area (Å²) in [6, 6.07) is 2.10. The van der Waals surface area contributed by atoms with E-state index in [9.17, 15) is 9.59 Å². The number of rotatable bonds is 5. The average molecular weight is 363 g/mol. The summed E-state index contributed by atoms with van der Waals surface area (Å²) >= 11 is 1.80. The van der Waals surface area contributed by atoms with Gasteiger partial charge >= 0.3 is 6.03 Å². The fraction of sp³-hybridized carbons (Fsp3) is 0.579. The van der Waals surface area contributed by atoms with Crippen molar-refractivity contribution < 1.29 is 14.5 Å². The lowest BCUT2D eigenvalue weighted by Crippen LogP contribution is -3.14. The van der Waals surface area contributed by atoms with Crippen molar-refractivity contribution in [3.63, 3.8) is 0 Å². The average Bonchev–Trinajstić information content (AvgIpc) is 3.08. The van der Waals surface area contributed by atoms with Gasteiger partial charge in [-0.15, -0.1) is 11.3 Å². The van der Waals surface area contributed by atoms with Gasteiger partial charge in [0.15, 0.2) is 6.54 Å². The molecule has 6 heteroatoms. The Morgan fingerprint density at radius 1 is 1.32 bits per heavy atom. The van der Waals surface area contributed by atoms with Crippen LogP contribution in [0.2, 0.25) is 0 Å². The summed E-state index contributed by atoms with van der Waals surface area (Å²) < 4.78 is 0. The summed E-state index contributed by atoms with van der Waals surface area (Å²) in [5.41, 5.74) is 2.78. The van der Waals surface area contributed by atoms with Gasteiger partial charge < -0.3 is 10.2 Å². The fourth-order valence-electron chi connectivity index (χ4n) is 3.78. The number of hydrogen-bond acceptors (Lipinski definition) is 3. The molecule has 0 spiro atoms. The van der Waals surface area contributed by atoms with Crippen molar-refractivity contribution in [3.8, 4) is 0 Å². The van der Waals surface area contributed by atoms with Crippen molar-refractivity contribution in [2.75, 3.05) is 19.6 Å². The molecule has 3 N–H and O–H groups in total. The van der Waals surface area contributed by atoms with Crippen LogP contribution in [0.1, 0.15) is 55.5 Å². The van der Waals surface area contributed by atoms with Gasteiger partial charge in [0.1, 0.15) is 6.04 Å². The number of quaternary nitrogens is 1. The first-order valence-corrected chi connectivity index (χ1v) is 10.2. The monoisotopic (exact) mass is 362 g/mol. The standard InChI is InChI=1S/C19H27N3O2S/c1-14-16-9-12-25-17(16)8-11-22(14)13-18(23)21-19(24)20-10-7-15-5-3-2-4-6-15/h5,9,12,14H,2-4,6-8,10-11,13H2,1H3,(H2,20,21,23,24)/p+1/t14-/m0/s1. The van der Waals surface area contributed by atoms with E-state index in [1.54, 1.807) is 11.3 Å².